The van der Waals surface area contributed by atoms with Crippen molar-refractivity contribution in [2.24, 2.45) is 0 Å². The lowest BCUT2D eigenvalue weighted by molar-refractivity contribution is -0.0258. The molecule has 0 spiro atoms. The number of ether oxygens (including phenoxy) is 1. The number of nitrogens with one attached hydrogen (secondary N) is 1. The van der Waals surface area contributed by atoms with Crippen LogP contribution in [0.2, 0.25) is 0 Å². The van der Waals surface area contributed by atoms with Crippen LogP contribution < -0.4 is 10.1 Å². The van der Waals surface area contributed by atoms with Gasteiger partial charge < -0.3 is 4.74 Å². The number of nitrogens with zero attached hydrogens (tertiary/aromatic N) is 2. The van der Waals surface area contributed by atoms with Gasteiger partial charge in [-0.3, -0.25) is 14.9 Å². The molecular formula is C20H21N3O5S2. The van der Waals surface area contributed by atoms with E-state index in [1.54, 1.807) is 7.11 Å². The van der Waals surface area contributed by atoms with Gasteiger partial charge in [0.1, 0.15) is 5.75 Å². The Labute approximate surface area is 179 Å². The third-order valence-electron chi connectivity index (χ3n) is 4.35. The smallest absolute Gasteiger partial charge is 0.264 e. The molecule has 1 N–H and O–H groups in total. The minimum atomic E-state index is -3.86. The van der Waals surface area contributed by atoms with Crippen molar-refractivity contribution < 1.29 is 22.8 Å². The van der Waals surface area contributed by atoms with Gasteiger partial charge in [-0.1, -0.05) is 22.2 Å². The van der Waals surface area contributed by atoms with Crippen LogP contribution in [0.4, 0.5) is 5.13 Å². The van der Waals surface area contributed by atoms with Crippen molar-refractivity contribution in [2.45, 2.75) is 11.8 Å². The molecular weight excluding hydrogens is 426 g/mol. The third kappa shape index (κ3) is 4.51. The Hall–Kier alpha value is -2.79. The lowest BCUT2D eigenvalue weighted by Gasteiger charge is -2.14. The number of thiazole rings is 1. The summed E-state index contributed by atoms with van der Waals surface area (Å²) >= 11 is 1.27. The SMILES string of the molecule is COc1ccc(C)cc1-c1csc(NC(=O)c2cccc(S(=O)(=O)N(C)OC)c2)n1. The van der Waals surface area contributed by atoms with E-state index in [0.29, 0.717) is 16.6 Å². The highest BCUT2D eigenvalue weighted by Crippen LogP contribution is 2.33. The summed E-state index contributed by atoms with van der Waals surface area (Å²) in [7, 11) is 0.255. The molecule has 0 fully saturated rings. The maximum absolute atomic E-state index is 12.6. The fourth-order valence-electron chi connectivity index (χ4n) is 2.69. The van der Waals surface area contributed by atoms with Gasteiger partial charge in [0, 0.05) is 23.6 Å². The van der Waals surface area contributed by atoms with Crippen LogP contribution in [-0.2, 0) is 14.9 Å². The van der Waals surface area contributed by atoms with E-state index >= 15 is 0 Å². The number of aromatic nitrogens is 1. The first-order valence-electron chi connectivity index (χ1n) is 8.81. The number of carbonyl (C=O) groups excluding carboxylic acids is 1. The molecule has 1 heterocycles. The molecule has 10 heteroatoms. The molecule has 0 atom stereocenters. The molecule has 1 aromatic heterocycles. The molecule has 3 aromatic rings. The zero-order chi connectivity index (χ0) is 21.9. The highest BCUT2D eigenvalue weighted by Gasteiger charge is 2.22. The maximum atomic E-state index is 12.6. The van der Waals surface area contributed by atoms with Crippen LogP contribution >= 0.6 is 11.3 Å². The van der Waals surface area contributed by atoms with E-state index in [1.807, 2.05) is 30.5 Å². The second kappa shape index (κ2) is 8.92. The normalized spacial score (nSPS) is 11.5. The summed E-state index contributed by atoms with van der Waals surface area (Å²) < 4.78 is 30.9. The Morgan fingerprint density at radius 2 is 1.93 bits per heavy atom. The fourth-order valence-corrected chi connectivity index (χ4v) is 4.42. The molecule has 158 valence electrons. The average molecular weight is 448 g/mol. The number of anilines is 1. The minimum Gasteiger partial charge on any atom is -0.496 e. The first-order chi connectivity index (χ1) is 14.3. The van der Waals surface area contributed by atoms with E-state index in [2.05, 4.69) is 10.3 Å². The Morgan fingerprint density at radius 1 is 1.17 bits per heavy atom. The van der Waals surface area contributed by atoms with E-state index in [-0.39, 0.29) is 10.5 Å². The molecule has 0 bridgehead atoms. The van der Waals surface area contributed by atoms with E-state index in [1.165, 1.54) is 49.8 Å². The zero-order valence-corrected chi connectivity index (χ0v) is 18.5. The van der Waals surface area contributed by atoms with E-state index in [4.69, 9.17) is 9.57 Å². The van der Waals surface area contributed by atoms with Crippen molar-refractivity contribution >= 4 is 32.4 Å². The minimum absolute atomic E-state index is 0.0520. The summed E-state index contributed by atoms with van der Waals surface area (Å²) in [6.45, 7) is 1.97. The van der Waals surface area contributed by atoms with Crippen LogP contribution in [0.3, 0.4) is 0 Å². The van der Waals surface area contributed by atoms with Gasteiger partial charge in [0.15, 0.2) is 5.13 Å². The zero-order valence-electron chi connectivity index (χ0n) is 16.9. The summed E-state index contributed by atoms with van der Waals surface area (Å²) in [5.41, 5.74) is 2.74. The van der Waals surface area contributed by atoms with Crippen LogP contribution in [-0.4, -0.2) is 45.0 Å². The number of sulfonamides is 1. The van der Waals surface area contributed by atoms with E-state index in [9.17, 15) is 13.2 Å². The molecule has 0 saturated heterocycles. The number of carbonyl (C=O) groups is 1. The first kappa shape index (κ1) is 21.9. The lowest BCUT2D eigenvalue weighted by Crippen LogP contribution is -2.26. The van der Waals surface area contributed by atoms with Gasteiger partial charge in [-0.2, -0.15) is 0 Å². The number of hydrogen-bond donors (Lipinski definition) is 1. The van der Waals surface area contributed by atoms with Gasteiger partial charge in [-0.25, -0.2) is 13.4 Å². The Morgan fingerprint density at radius 3 is 2.63 bits per heavy atom. The summed E-state index contributed by atoms with van der Waals surface area (Å²) in [4.78, 5) is 21.8. The van der Waals surface area contributed by atoms with Gasteiger partial charge in [-0.05, 0) is 37.3 Å². The van der Waals surface area contributed by atoms with Crippen LogP contribution in [0.1, 0.15) is 15.9 Å². The lowest BCUT2D eigenvalue weighted by atomic mass is 10.1. The maximum Gasteiger partial charge on any atom is 0.264 e. The second-order valence-corrected chi connectivity index (χ2v) is 9.11. The van der Waals surface area contributed by atoms with Gasteiger partial charge in [0.05, 0.1) is 24.8 Å². The molecule has 2 aromatic carbocycles. The first-order valence-corrected chi connectivity index (χ1v) is 11.1. The number of amides is 1. The number of hydrogen-bond acceptors (Lipinski definition) is 7. The van der Waals surface area contributed by atoms with Crippen molar-refractivity contribution in [1.82, 2.24) is 9.45 Å². The number of methoxy groups -OCH3 is 1. The fraction of sp³-hybridized carbons (Fsp3) is 0.200. The predicted octanol–water partition coefficient (Wildman–Crippen LogP) is 3.56. The molecule has 8 nitrogen and oxygen atoms in total. The van der Waals surface area contributed by atoms with E-state index < -0.39 is 15.9 Å². The monoisotopic (exact) mass is 447 g/mol. The Bertz CT molecular complexity index is 1170. The summed E-state index contributed by atoms with van der Waals surface area (Å²) in [5, 5.41) is 4.92. The Balaban J connectivity index is 1.83. The summed E-state index contributed by atoms with van der Waals surface area (Å²) in [6, 6.07) is 11.5. The van der Waals surface area contributed by atoms with Crippen molar-refractivity contribution in [3.8, 4) is 17.0 Å². The van der Waals surface area contributed by atoms with Crippen molar-refractivity contribution in [2.75, 3.05) is 26.6 Å². The van der Waals surface area contributed by atoms with Crippen molar-refractivity contribution in [1.29, 1.82) is 0 Å². The molecule has 1 amide bonds. The van der Waals surface area contributed by atoms with Crippen LogP contribution in [0.15, 0.2) is 52.7 Å². The highest BCUT2D eigenvalue weighted by molar-refractivity contribution is 7.89. The molecule has 3 rings (SSSR count). The van der Waals surface area contributed by atoms with Gasteiger partial charge in [0.25, 0.3) is 15.9 Å². The van der Waals surface area contributed by atoms with Crippen LogP contribution in [0.25, 0.3) is 11.3 Å². The quantitative estimate of drug-likeness (QED) is 0.556. The van der Waals surface area contributed by atoms with Crippen molar-refractivity contribution in [3.05, 3.63) is 59.0 Å². The number of hydroxylamine groups is 1. The molecule has 0 saturated carbocycles. The third-order valence-corrected chi connectivity index (χ3v) is 6.78. The molecule has 0 unspecified atom stereocenters. The van der Waals surface area contributed by atoms with Crippen LogP contribution in [0.5, 0.6) is 5.75 Å². The molecule has 0 aliphatic carbocycles. The second-order valence-electron chi connectivity index (χ2n) is 6.32. The summed E-state index contributed by atoms with van der Waals surface area (Å²) in [5.74, 6) is 0.216. The highest BCUT2D eigenvalue weighted by atomic mass is 32.2. The number of aryl methyl sites for hydroxylation is 1. The van der Waals surface area contributed by atoms with Gasteiger partial charge in [-0.15, -0.1) is 11.3 Å². The molecule has 0 aliphatic heterocycles. The number of benzene rings is 2. The average Bonchev–Trinajstić information content (AvgIpc) is 3.21. The summed E-state index contributed by atoms with van der Waals surface area (Å²) in [6.07, 6.45) is 0. The van der Waals surface area contributed by atoms with Crippen molar-refractivity contribution in [3.63, 3.8) is 0 Å². The molecule has 30 heavy (non-hydrogen) atoms. The van der Waals surface area contributed by atoms with Gasteiger partial charge >= 0.3 is 0 Å². The molecule has 0 aliphatic rings. The van der Waals surface area contributed by atoms with E-state index in [0.717, 1.165) is 15.6 Å². The largest absolute Gasteiger partial charge is 0.496 e. The predicted molar refractivity (Wildman–Crippen MR) is 115 cm³/mol. The Kier molecular flexibility index (Phi) is 6.52. The standard InChI is InChI=1S/C20H21N3O5S2/c1-13-8-9-18(27-3)16(10-13)17-12-29-20(21-17)22-19(24)14-6-5-7-15(11-14)30(25,26)23(2)28-4/h5-12H,1-4H3,(H,21,22,24). The number of rotatable bonds is 7. The van der Waals surface area contributed by atoms with Gasteiger partial charge in [0.2, 0.25) is 0 Å². The topological polar surface area (TPSA) is 97.8 Å². The molecule has 0 radical (unpaired) electrons. The van der Waals surface area contributed by atoms with Crippen LogP contribution in [0, 0.1) is 6.92 Å².